The number of hydrogen-bond acceptors (Lipinski definition) is 1. The molecule has 1 unspecified atom stereocenters. The van der Waals surface area contributed by atoms with E-state index in [4.69, 9.17) is 0 Å². The van der Waals surface area contributed by atoms with Crippen molar-refractivity contribution in [3.63, 3.8) is 0 Å². The van der Waals surface area contributed by atoms with Gasteiger partial charge in [-0.3, -0.25) is 4.76 Å². The predicted octanol–water partition coefficient (Wildman–Crippen LogP) is 1.69. The van der Waals surface area contributed by atoms with Gasteiger partial charge in [0.15, 0.2) is 0 Å². The molecule has 0 bridgehead atoms. The fraction of sp³-hybridized carbons (Fsp3) is 0.750. The molecule has 0 radical (unpaired) electrons. The molecule has 0 spiro atoms. The molecule has 1 atom stereocenters. The lowest BCUT2D eigenvalue weighted by molar-refractivity contribution is 1.50. The molecule has 0 aliphatic rings. The maximum atomic E-state index is 3.99. The highest BCUT2D eigenvalue weighted by molar-refractivity contribution is 7.36. The number of hydrogen-bond donors (Lipinski definition) is 0. The van der Waals surface area contributed by atoms with Crippen molar-refractivity contribution in [3.05, 3.63) is 0 Å². The molecule has 0 N–H and O–H groups in total. The summed E-state index contributed by atoms with van der Waals surface area (Å²) in [6.07, 6.45) is 3.03. The molecule has 0 saturated carbocycles. The van der Waals surface area contributed by atoms with Gasteiger partial charge in [-0.25, -0.2) is 0 Å². The minimum absolute atomic E-state index is 0.784. The topological polar surface area (TPSA) is 12.4 Å². The van der Waals surface area contributed by atoms with Crippen molar-refractivity contribution >= 4 is 14.9 Å². The standard InChI is InChI=1S/C4H10NP/c1-3-5-6-4-2/h3,6H,4H2,1-2H3. The van der Waals surface area contributed by atoms with E-state index in [0.29, 0.717) is 0 Å². The first-order valence-electron chi connectivity index (χ1n) is 2.12. The smallest absolute Gasteiger partial charge is 0.000350 e. The Morgan fingerprint density at radius 1 is 1.83 bits per heavy atom. The summed E-state index contributed by atoms with van der Waals surface area (Å²) in [5, 5.41) is 0. The summed E-state index contributed by atoms with van der Waals surface area (Å²) < 4.78 is 3.99. The van der Waals surface area contributed by atoms with Gasteiger partial charge >= 0.3 is 0 Å². The molecule has 0 amide bonds. The van der Waals surface area contributed by atoms with Crippen LogP contribution in [0.3, 0.4) is 0 Å². The van der Waals surface area contributed by atoms with E-state index in [0.717, 1.165) is 8.73 Å². The van der Waals surface area contributed by atoms with E-state index in [9.17, 15) is 0 Å². The first-order valence-corrected chi connectivity index (χ1v) is 3.27. The maximum Gasteiger partial charge on any atom is 0.000350 e. The van der Waals surface area contributed by atoms with Crippen molar-refractivity contribution in [3.8, 4) is 0 Å². The zero-order chi connectivity index (χ0) is 4.83. The summed E-state index contributed by atoms with van der Waals surface area (Å²) in [4.78, 5) is 0. The van der Waals surface area contributed by atoms with Gasteiger partial charge in [0.1, 0.15) is 0 Å². The minimum atomic E-state index is 0.784. The molecular weight excluding hydrogens is 93.0 g/mol. The molecule has 0 aromatic rings. The molecule has 2 heteroatoms. The van der Waals surface area contributed by atoms with Crippen LogP contribution in [0.1, 0.15) is 13.8 Å². The zero-order valence-electron chi connectivity index (χ0n) is 4.23. The van der Waals surface area contributed by atoms with E-state index in [1.165, 1.54) is 6.16 Å². The van der Waals surface area contributed by atoms with Crippen molar-refractivity contribution < 1.29 is 0 Å². The van der Waals surface area contributed by atoms with Gasteiger partial charge in [-0.15, -0.1) is 0 Å². The van der Waals surface area contributed by atoms with Crippen LogP contribution in [0.2, 0.25) is 0 Å². The van der Waals surface area contributed by atoms with Crippen molar-refractivity contribution in [2.45, 2.75) is 13.8 Å². The van der Waals surface area contributed by atoms with Crippen LogP contribution in [-0.2, 0) is 0 Å². The van der Waals surface area contributed by atoms with Crippen molar-refractivity contribution in [1.82, 2.24) is 0 Å². The lowest BCUT2D eigenvalue weighted by Crippen LogP contribution is -1.53. The third-order valence-electron chi connectivity index (χ3n) is 0.379. The van der Waals surface area contributed by atoms with E-state index in [2.05, 4.69) is 11.7 Å². The fourth-order valence-electron chi connectivity index (χ4n) is 0.183. The van der Waals surface area contributed by atoms with E-state index in [-0.39, 0.29) is 0 Å². The van der Waals surface area contributed by atoms with E-state index < -0.39 is 0 Å². The molecule has 36 valence electrons. The average Bonchev–Trinajstić information content (AvgIpc) is 1.61. The molecule has 0 saturated heterocycles. The second-order valence-electron chi connectivity index (χ2n) is 0.899. The van der Waals surface area contributed by atoms with Crippen molar-refractivity contribution in [2.75, 3.05) is 6.16 Å². The summed E-state index contributed by atoms with van der Waals surface area (Å²) in [6.45, 7) is 4.08. The van der Waals surface area contributed by atoms with Crippen LogP contribution in [0.15, 0.2) is 4.76 Å². The van der Waals surface area contributed by atoms with Crippen LogP contribution in [0.25, 0.3) is 0 Å². The van der Waals surface area contributed by atoms with Crippen LogP contribution in [-0.4, -0.2) is 12.4 Å². The summed E-state index contributed by atoms with van der Waals surface area (Å²) in [6, 6.07) is 0. The van der Waals surface area contributed by atoms with Gasteiger partial charge in [0.25, 0.3) is 0 Å². The normalized spacial score (nSPS) is 12.3. The monoisotopic (exact) mass is 103 g/mol. The first kappa shape index (κ1) is 6.10. The van der Waals surface area contributed by atoms with Gasteiger partial charge in [0, 0.05) is 8.73 Å². The summed E-state index contributed by atoms with van der Waals surface area (Å²) in [7, 11) is 0.784. The fourth-order valence-corrected chi connectivity index (χ4v) is 0.548. The molecular formula is C4H10NP. The lowest BCUT2D eigenvalue weighted by Gasteiger charge is -1.77. The summed E-state index contributed by atoms with van der Waals surface area (Å²) >= 11 is 0. The first-order chi connectivity index (χ1) is 2.91. The van der Waals surface area contributed by atoms with E-state index in [1.54, 1.807) is 0 Å². The van der Waals surface area contributed by atoms with Gasteiger partial charge < -0.3 is 0 Å². The Hall–Kier alpha value is 0.100. The van der Waals surface area contributed by atoms with Crippen LogP contribution < -0.4 is 0 Å². The maximum absolute atomic E-state index is 3.99. The molecule has 0 aliphatic heterocycles. The molecule has 0 aromatic carbocycles. The average molecular weight is 103 g/mol. The van der Waals surface area contributed by atoms with Crippen LogP contribution in [0.5, 0.6) is 0 Å². The van der Waals surface area contributed by atoms with E-state index >= 15 is 0 Å². The third-order valence-corrected chi connectivity index (χ3v) is 1.14. The quantitative estimate of drug-likeness (QED) is 0.372. The largest absolute Gasteiger partial charge is 0.277 e. The third kappa shape index (κ3) is 4.10. The van der Waals surface area contributed by atoms with Crippen LogP contribution >= 0.6 is 8.73 Å². The Morgan fingerprint density at radius 2 is 2.50 bits per heavy atom. The van der Waals surface area contributed by atoms with Crippen LogP contribution in [0.4, 0.5) is 0 Å². The van der Waals surface area contributed by atoms with Gasteiger partial charge in [-0.2, -0.15) is 0 Å². The lowest BCUT2D eigenvalue weighted by atomic mass is 10.9. The second-order valence-corrected chi connectivity index (χ2v) is 2.18. The highest BCUT2D eigenvalue weighted by Crippen LogP contribution is 2.06. The van der Waals surface area contributed by atoms with Gasteiger partial charge in [0.05, 0.1) is 0 Å². The highest BCUT2D eigenvalue weighted by Gasteiger charge is 1.64. The Kier molecular flexibility index (Phi) is 5.18. The van der Waals surface area contributed by atoms with Gasteiger partial charge in [-0.05, 0) is 19.3 Å². The molecule has 6 heavy (non-hydrogen) atoms. The molecule has 0 rings (SSSR count). The second kappa shape index (κ2) is 5.10. The zero-order valence-corrected chi connectivity index (χ0v) is 5.23. The SMILES string of the molecule is CC=NPCC. The minimum Gasteiger partial charge on any atom is -0.277 e. The number of nitrogens with zero attached hydrogens (tertiary/aromatic N) is 1. The van der Waals surface area contributed by atoms with E-state index in [1.807, 2.05) is 13.1 Å². The molecule has 0 aliphatic carbocycles. The van der Waals surface area contributed by atoms with Crippen LogP contribution in [0, 0.1) is 0 Å². The summed E-state index contributed by atoms with van der Waals surface area (Å²) in [5.41, 5.74) is 0. The molecule has 1 nitrogen and oxygen atoms in total. The predicted molar refractivity (Wildman–Crippen MR) is 33.0 cm³/mol. The number of rotatable bonds is 2. The Balaban J connectivity index is 2.66. The Bertz CT molecular complexity index is 42.8. The van der Waals surface area contributed by atoms with Gasteiger partial charge in [-0.1, -0.05) is 6.92 Å². The summed E-state index contributed by atoms with van der Waals surface area (Å²) in [5.74, 6) is 0. The Morgan fingerprint density at radius 3 is 2.67 bits per heavy atom. The molecule has 0 aromatic heterocycles. The van der Waals surface area contributed by atoms with Crippen molar-refractivity contribution in [2.24, 2.45) is 4.76 Å². The molecule has 0 fully saturated rings. The van der Waals surface area contributed by atoms with Crippen molar-refractivity contribution in [1.29, 1.82) is 0 Å². The molecule has 0 heterocycles. The Labute approximate surface area is 40.7 Å². The highest BCUT2D eigenvalue weighted by atomic mass is 31.1. The van der Waals surface area contributed by atoms with Gasteiger partial charge in [0.2, 0.25) is 0 Å².